The highest BCUT2D eigenvalue weighted by atomic mass is 19.1. The Labute approximate surface area is 137 Å². The lowest BCUT2D eigenvalue weighted by Gasteiger charge is -2.20. The van der Waals surface area contributed by atoms with Gasteiger partial charge in [0.05, 0.1) is 6.04 Å². The molecule has 1 N–H and O–H groups in total. The molecule has 1 heterocycles. The molecule has 2 amide bonds. The second-order valence-corrected chi connectivity index (χ2v) is 6.16. The average Bonchev–Trinajstić information content (AvgIpc) is 2.88. The molecule has 4 nitrogen and oxygen atoms in total. The Balaban J connectivity index is 1.96. The maximum absolute atomic E-state index is 13.0. The lowest BCUT2D eigenvalue weighted by atomic mass is 9.97. The second-order valence-electron chi connectivity index (χ2n) is 6.16. The molecule has 1 aromatic carbocycles. The Hall–Kier alpha value is -1.91. The number of hydrogen-bond acceptors (Lipinski definition) is 2. The summed E-state index contributed by atoms with van der Waals surface area (Å²) in [6.07, 6.45) is 4.00. The molecule has 1 aromatic rings. The summed E-state index contributed by atoms with van der Waals surface area (Å²) < 4.78 is 13.0. The van der Waals surface area contributed by atoms with Crippen LogP contribution in [-0.2, 0) is 9.59 Å². The lowest BCUT2D eigenvalue weighted by molar-refractivity contribution is -0.126. The number of hydrogen-bond donors (Lipinski definition) is 1. The van der Waals surface area contributed by atoms with E-state index >= 15 is 0 Å². The van der Waals surface area contributed by atoms with Crippen molar-refractivity contribution in [3.63, 3.8) is 0 Å². The van der Waals surface area contributed by atoms with Crippen LogP contribution in [0, 0.1) is 11.7 Å². The number of carbonyl (C=O) groups excluding carboxylic acids is 2. The van der Waals surface area contributed by atoms with Gasteiger partial charge in [-0.25, -0.2) is 4.39 Å². The molecule has 1 aliphatic rings. The van der Waals surface area contributed by atoms with Crippen molar-refractivity contribution in [2.24, 2.45) is 5.92 Å². The van der Waals surface area contributed by atoms with Crippen molar-refractivity contribution in [3.8, 4) is 0 Å². The molecule has 5 heteroatoms. The van der Waals surface area contributed by atoms with Crippen molar-refractivity contribution < 1.29 is 14.0 Å². The minimum Gasteiger partial charge on any atom is -0.351 e. The summed E-state index contributed by atoms with van der Waals surface area (Å²) in [6.45, 7) is 4.60. The van der Waals surface area contributed by atoms with E-state index in [1.54, 1.807) is 17.0 Å². The number of carbonyl (C=O) groups is 2. The minimum absolute atomic E-state index is 0.0278. The maximum Gasteiger partial charge on any atom is 0.229 e. The highest BCUT2D eigenvalue weighted by Gasteiger charge is 2.32. The number of nitrogens with one attached hydrogen (secondary N) is 1. The fraction of sp³-hybridized carbons (Fsp3) is 0.556. The zero-order valence-corrected chi connectivity index (χ0v) is 13.8. The normalized spacial score (nSPS) is 17.8. The fourth-order valence-corrected chi connectivity index (χ4v) is 3.10. The Bertz CT molecular complexity index is 538. The third-order valence-electron chi connectivity index (χ3n) is 4.25. The Kier molecular flexibility index (Phi) is 6.13. The van der Waals surface area contributed by atoms with Gasteiger partial charge in [0, 0.05) is 24.6 Å². The van der Waals surface area contributed by atoms with Crippen LogP contribution in [0.15, 0.2) is 24.3 Å². The number of halogens is 1. The van der Waals surface area contributed by atoms with E-state index in [0.717, 1.165) is 25.7 Å². The first kappa shape index (κ1) is 17.4. The van der Waals surface area contributed by atoms with E-state index < -0.39 is 0 Å². The first-order chi connectivity index (χ1) is 11.0. The predicted molar refractivity (Wildman–Crippen MR) is 88.6 cm³/mol. The molecule has 2 rings (SSSR count). The molecule has 0 aromatic heterocycles. The van der Waals surface area contributed by atoms with Crippen LogP contribution in [0.1, 0.15) is 46.0 Å². The molecule has 0 aliphatic carbocycles. The van der Waals surface area contributed by atoms with Gasteiger partial charge in [0.15, 0.2) is 0 Å². The summed E-state index contributed by atoms with van der Waals surface area (Å²) in [5, 5.41) is 3.01. The van der Waals surface area contributed by atoms with E-state index in [-0.39, 0.29) is 29.6 Å². The van der Waals surface area contributed by atoms with E-state index in [1.807, 2.05) is 0 Å². The van der Waals surface area contributed by atoms with Crippen molar-refractivity contribution in [2.45, 2.75) is 52.0 Å². The smallest absolute Gasteiger partial charge is 0.229 e. The summed E-state index contributed by atoms with van der Waals surface area (Å²) in [5.41, 5.74) is 0.673. The van der Waals surface area contributed by atoms with Crippen molar-refractivity contribution in [3.05, 3.63) is 30.1 Å². The zero-order chi connectivity index (χ0) is 16.8. The van der Waals surface area contributed by atoms with Gasteiger partial charge in [0.2, 0.25) is 11.8 Å². The second kappa shape index (κ2) is 8.09. The SMILES string of the molecule is CCCC(CCC)C(=O)N[C@@H]1CC(=O)N(c2ccc(F)cc2)C1. The molecule has 0 unspecified atom stereocenters. The summed E-state index contributed by atoms with van der Waals surface area (Å²) in [5.74, 6) is -0.288. The van der Waals surface area contributed by atoms with Crippen LogP contribution in [0.25, 0.3) is 0 Å². The van der Waals surface area contributed by atoms with Crippen LogP contribution in [-0.4, -0.2) is 24.4 Å². The van der Waals surface area contributed by atoms with E-state index in [2.05, 4.69) is 19.2 Å². The molecule has 0 spiro atoms. The van der Waals surface area contributed by atoms with Crippen LogP contribution < -0.4 is 10.2 Å². The fourth-order valence-electron chi connectivity index (χ4n) is 3.10. The zero-order valence-electron chi connectivity index (χ0n) is 13.8. The minimum atomic E-state index is -0.327. The van der Waals surface area contributed by atoms with Crippen molar-refractivity contribution >= 4 is 17.5 Å². The van der Waals surface area contributed by atoms with Crippen LogP contribution in [0.3, 0.4) is 0 Å². The Morgan fingerprint density at radius 3 is 2.43 bits per heavy atom. The van der Waals surface area contributed by atoms with Gasteiger partial charge in [0.25, 0.3) is 0 Å². The molecule has 1 aliphatic heterocycles. The van der Waals surface area contributed by atoms with E-state index in [1.165, 1.54) is 12.1 Å². The van der Waals surface area contributed by atoms with Crippen LogP contribution >= 0.6 is 0 Å². The van der Waals surface area contributed by atoms with Crippen molar-refractivity contribution in [2.75, 3.05) is 11.4 Å². The molecular formula is C18H25FN2O2. The molecule has 0 bridgehead atoms. The molecule has 126 valence electrons. The maximum atomic E-state index is 13.0. The first-order valence-electron chi connectivity index (χ1n) is 8.41. The third kappa shape index (κ3) is 4.53. The molecule has 1 fully saturated rings. The molecular weight excluding hydrogens is 295 g/mol. The van der Waals surface area contributed by atoms with Crippen LogP contribution in [0.5, 0.6) is 0 Å². The van der Waals surface area contributed by atoms with Gasteiger partial charge in [-0.1, -0.05) is 26.7 Å². The molecule has 1 atom stereocenters. The van der Waals surface area contributed by atoms with Gasteiger partial charge < -0.3 is 10.2 Å². The van der Waals surface area contributed by atoms with Gasteiger partial charge in [0.1, 0.15) is 5.82 Å². The van der Waals surface area contributed by atoms with Gasteiger partial charge in [-0.15, -0.1) is 0 Å². The summed E-state index contributed by atoms with van der Waals surface area (Å²) in [4.78, 5) is 26.1. The quantitative estimate of drug-likeness (QED) is 0.838. The lowest BCUT2D eigenvalue weighted by Crippen LogP contribution is -2.40. The van der Waals surface area contributed by atoms with Gasteiger partial charge in [-0.2, -0.15) is 0 Å². The summed E-state index contributed by atoms with van der Waals surface area (Å²) in [7, 11) is 0. The molecule has 1 saturated heterocycles. The highest BCUT2D eigenvalue weighted by molar-refractivity contribution is 5.96. The highest BCUT2D eigenvalue weighted by Crippen LogP contribution is 2.22. The number of benzene rings is 1. The number of amides is 2. The summed E-state index contributed by atoms with van der Waals surface area (Å²) >= 11 is 0. The topological polar surface area (TPSA) is 49.4 Å². The average molecular weight is 320 g/mol. The van der Waals surface area contributed by atoms with Crippen molar-refractivity contribution in [1.82, 2.24) is 5.32 Å². The number of anilines is 1. The third-order valence-corrected chi connectivity index (χ3v) is 4.25. The largest absolute Gasteiger partial charge is 0.351 e. The first-order valence-corrected chi connectivity index (χ1v) is 8.41. The molecule has 23 heavy (non-hydrogen) atoms. The van der Waals surface area contributed by atoms with E-state index in [9.17, 15) is 14.0 Å². The van der Waals surface area contributed by atoms with Gasteiger partial charge in [-0.05, 0) is 37.1 Å². The van der Waals surface area contributed by atoms with Crippen LogP contribution in [0.2, 0.25) is 0 Å². The van der Waals surface area contributed by atoms with Crippen LogP contribution in [0.4, 0.5) is 10.1 Å². The van der Waals surface area contributed by atoms with E-state index in [0.29, 0.717) is 18.7 Å². The Morgan fingerprint density at radius 1 is 1.26 bits per heavy atom. The van der Waals surface area contributed by atoms with E-state index in [4.69, 9.17) is 0 Å². The monoisotopic (exact) mass is 320 g/mol. The van der Waals surface area contributed by atoms with Crippen molar-refractivity contribution in [1.29, 1.82) is 0 Å². The predicted octanol–water partition coefficient (Wildman–Crippen LogP) is 3.26. The standard InChI is InChI=1S/C18H25FN2O2/c1-3-5-13(6-4-2)18(23)20-15-11-17(22)21(12-15)16-9-7-14(19)8-10-16/h7-10,13,15H,3-6,11-12H2,1-2H3,(H,20,23)/t15-/m1/s1. The number of nitrogens with zero attached hydrogens (tertiary/aromatic N) is 1. The Morgan fingerprint density at radius 2 is 1.87 bits per heavy atom. The van der Waals surface area contributed by atoms with Gasteiger partial charge in [-0.3, -0.25) is 9.59 Å². The van der Waals surface area contributed by atoms with Gasteiger partial charge >= 0.3 is 0 Å². The molecule has 0 saturated carbocycles. The molecule has 0 radical (unpaired) electrons. The number of rotatable bonds is 7. The summed E-state index contributed by atoms with van der Waals surface area (Å²) in [6, 6.07) is 5.69.